The quantitative estimate of drug-likeness (QED) is 0.0644. The Balaban J connectivity index is 0.000000267. The van der Waals surface area contributed by atoms with Gasteiger partial charge in [-0.2, -0.15) is 0 Å². The Kier molecular flexibility index (Phi) is 12.2. The smallest absolute Gasteiger partial charge is 0.268 e. The minimum absolute atomic E-state index is 0. The van der Waals surface area contributed by atoms with Crippen molar-refractivity contribution in [3.8, 4) is 0 Å². The monoisotopic (exact) mass is 571 g/mol. The van der Waals surface area contributed by atoms with Crippen molar-refractivity contribution in [2.45, 2.75) is 0 Å². The molecule has 0 unspecified atom stereocenters. The zero-order chi connectivity index (χ0) is 27.3. The molecule has 0 aliphatic rings. The third-order valence-electron chi connectivity index (χ3n) is 5.20. The molecule has 0 heterocycles. The predicted octanol–water partition coefficient (Wildman–Crippen LogP) is 4.98. The topological polar surface area (TPSA) is 133 Å². The number of carbonyl (C=O) groups is 2. The van der Waals surface area contributed by atoms with E-state index in [0.29, 0.717) is 22.5 Å². The molecule has 8 nitrogen and oxygen atoms in total. The molecule has 4 rings (SSSR count). The van der Waals surface area contributed by atoms with Crippen LogP contribution in [0, 0.1) is 0 Å². The van der Waals surface area contributed by atoms with Crippen LogP contribution in [0.2, 0.25) is 0 Å². The normalized spacial score (nSPS) is 10.8. The summed E-state index contributed by atoms with van der Waals surface area (Å²) < 4.78 is 0. The van der Waals surface area contributed by atoms with Crippen molar-refractivity contribution in [2.75, 3.05) is 10.0 Å². The van der Waals surface area contributed by atoms with Gasteiger partial charge in [0.05, 0.1) is 11.4 Å². The van der Waals surface area contributed by atoms with Gasteiger partial charge >= 0.3 is 0 Å². The van der Waals surface area contributed by atoms with Crippen molar-refractivity contribution < 1.29 is 36.9 Å². The molecule has 0 spiro atoms. The molecule has 0 aromatic heterocycles. The second-order valence-corrected chi connectivity index (χ2v) is 7.88. The fourth-order valence-corrected chi connectivity index (χ4v) is 3.19. The third-order valence-corrected chi connectivity index (χ3v) is 5.20. The van der Waals surface area contributed by atoms with Crippen molar-refractivity contribution in [3.63, 3.8) is 0 Å². The summed E-state index contributed by atoms with van der Waals surface area (Å²) in [7, 11) is 0. The van der Waals surface area contributed by atoms with E-state index >= 15 is 0 Å². The molecule has 39 heavy (non-hydrogen) atoms. The van der Waals surface area contributed by atoms with E-state index < -0.39 is 11.8 Å². The van der Waals surface area contributed by atoms with Gasteiger partial charge in [-0.05, 0) is 24.3 Å². The van der Waals surface area contributed by atoms with E-state index in [1.54, 1.807) is 97.1 Å². The number of hydrogen-bond donors (Lipinski definition) is 4. The van der Waals surface area contributed by atoms with Crippen molar-refractivity contribution in [1.29, 1.82) is 0 Å². The summed E-state index contributed by atoms with van der Waals surface area (Å²) in [5.74, 6) is 10.2. The summed E-state index contributed by atoms with van der Waals surface area (Å²) in [6, 6.07) is 35.3. The summed E-state index contributed by atoms with van der Waals surface area (Å²) >= 11 is 0. The van der Waals surface area contributed by atoms with Crippen LogP contribution in [-0.4, -0.2) is 22.0 Å². The number of amides is 2. The molecule has 0 bridgehead atoms. The zero-order valence-corrected chi connectivity index (χ0v) is 21.7. The fraction of sp³-hybridized carbons (Fsp3) is 0. The number of hydrazine groups is 2. The van der Waals surface area contributed by atoms with Gasteiger partial charge in [-0.25, -0.2) is 21.7 Å². The standard InChI is InChI=1S/2C15H14N2O2.Cu/c2*16-17(13-9-5-2-6-10-13)15(19)11-14(18)12-7-3-1-4-8-12;/h2*1-11,18H,16H2;/b2*14-11-;. The van der Waals surface area contributed by atoms with Crippen LogP contribution in [0.5, 0.6) is 0 Å². The van der Waals surface area contributed by atoms with Crippen LogP contribution in [0.15, 0.2) is 133 Å². The number of carbonyl (C=O) groups excluding carboxylic acids is 2. The van der Waals surface area contributed by atoms with Crippen LogP contribution < -0.4 is 21.7 Å². The van der Waals surface area contributed by atoms with E-state index in [-0.39, 0.29) is 28.6 Å². The van der Waals surface area contributed by atoms with Gasteiger partial charge in [0.15, 0.2) is 0 Å². The first-order valence-electron chi connectivity index (χ1n) is 11.6. The van der Waals surface area contributed by atoms with Crippen molar-refractivity contribution in [3.05, 3.63) is 145 Å². The molecule has 1 radical (unpaired) electrons. The van der Waals surface area contributed by atoms with Crippen LogP contribution in [0.3, 0.4) is 0 Å². The summed E-state index contributed by atoms with van der Waals surface area (Å²) in [5.41, 5.74) is 2.25. The van der Waals surface area contributed by atoms with Crippen molar-refractivity contribution >= 4 is 34.7 Å². The Morgan fingerprint density at radius 2 is 0.769 bits per heavy atom. The number of anilines is 2. The molecule has 0 fully saturated rings. The number of nitrogens with two attached hydrogens (primary N) is 2. The van der Waals surface area contributed by atoms with Gasteiger partial charge in [-0.1, -0.05) is 97.1 Å². The van der Waals surface area contributed by atoms with Gasteiger partial charge in [-0.15, -0.1) is 0 Å². The van der Waals surface area contributed by atoms with E-state index in [2.05, 4.69) is 0 Å². The molecular weight excluding hydrogens is 544 g/mol. The van der Waals surface area contributed by atoms with E-state index in [4.69, 9.17) is 11.7 Å². The van der Waals surface area contributed by atoms with Crippen LogP contribution >= 0.6 is 0 Å². The van der Waals surface area contributed by atoms with Crippen molar-refractivity contribution in [2.24, 2.45) is 11.7 Å². The Morgan fingerprint density at radius 1 is 0.513 bits per heavy atom. The average molecular weight is 572 g/mol. The van der Waals surface area contributed by atoms with Crippen LogP contribution in [0.25, 0.3) is 11.5 Å². The van der Waals surface area contributed by atoms with E-state index in [1.165, 1.54) is 0 Å². The maximum absolute atomic E-state index is 11.9. The zero-order valence-electron chi connectivity index (χ0n) is 20.8. The molecule has 4 aromatic rings. The second kappa shape index (κ2) is 15.6. The molecule has 203 valence electrons. The second-order valence-electron chi connectivity index (χ2n) is 7.88. The van der Waals surface area contributed by atoms with E-state index in [9.17, 15) is 19.8 Å². The molecule has 0 saturated heterocycles. The molecule has 0 atom stereocenters. The number of hydrogen-bond acceptors (Lipinski definition) is 6. The number of rotatable bonds is 6. The summed E-state index contributed by atoms with van der Waals surface area (Å²) in [6.45, 7) is 0. The predicted molar refractivity (Wildman–Crippen MR) is 150 cm³/mol. The van der Waals surface area contributed by atoms with Gasteiger partial charge in [0.2, 0.25) is 0 Å². The van der Waals surface area contributed by atoms with E-state index in [1.807, 2.05) is 24.3 Å². The molecule has 2 amide bonds. The molecule has 0 saturated carbocycles. The molecule has 9 heteroatoms. The summed E-state index contributed by atoms with van der Waals surface area (Å²) in [6.07, 6.45) is 2.20. The number of para-hydroxylation sites is 2. The van der Waals surface area contributed by atoms with Gasteiger partial charge in [0.1, 0.15) is 11.5 Å². The summed E-state index contributed by atoms with van der Waals surface area (Å²) in [5, 5.41) is 21.7. The molecule has 4 aromatic carbocycles. The van der Waals surface area contributed by atoms with Gasteiger partial charge in [0, 0.05) is 40.3 Å². The number of nitrogens with zero attached hydrogens (tertiary/aromatic N) is 2. The molecule has 0 aliphatic carbocycles. The fourth-order valence-electron chi connectivity index (χ4n) is 3.19. The number of benzene rings is 4. The van der Waals surface area contributed by atoms with Gasteiger partial charge in [-0.3, -0.25) is 9.59 Å². The van der Waals surface area contributed by atoms with Gasteiger partial charge in [0.25, 0.3) is 11.8 Å². The molecule has 6 N–H and O–H groups in total. The SMILES string of the molecule is NN(C(=O)/C=C(\O)c1ccccc1)c1ccccc1.NN(C(=O)/C=C(\O)c1ccccc1)c1ccccc1.[Cu]. The van der Waals surface area contributed by atoms with Crippen LogP contribution in [0.1, 0.15) is 11.1 Å². The number of aliphatic hydroxyl groups is 2. The first-order valence-corrected chi connectivity index (χ1v) is 11.6. The average Bonchev–Trinajstić information content (AvgIpc) is 2.98. The first kappa shape index (κ1) is 30.6. The molecule has 0 aliphatic heterocycles. The van der Waals surface area contributed by atoms with Crippen molar-refractivity contribution in [1.82, 2.24) is 0 Å². The third kappa shape index (κ3) is 9.30. The first-order chi connectivity index (χ1) is 18.4. The van der Waals surface area contributed by atoms with Gasteiger partial charge < -0.3 is 10.2 Å². The Hall–Kier alpha value is -4.66. The minimum Gasteiger partial charge on any atom is -0.507 e. The molecular formula is C30H28CuN4O4. The largest absolute Gasteiger partial charge is 0.507 e. The maximum Gasteiger partial charge on any atom is 0.268 e. The Morgan fingerprint density at radius 3 is 1.05 bits per heavy atom. The summed E-state index contributed by atoms with van der Waals surface area (Å²) in [4.78, 5) is 23.8. The Labute approximate surface area is 237 Å². The minimum atomic E-state index is -0.493. The van der Waals surface area contributed by atoms with Crippen LogP contribution in [-0.2, 0) is 26.7 Å². The number of aliphatic hydroxyl groups excluding tert-OH is 2. The maximum atomic E-state index is 11.9. The van der Waals surface area contributed by atoms with E-state index in [0.717, 1.165) is 22.2 Å². The Bertz CT molecular complexity index is 1270. The van der Waals surface area contributed by atoms with Crippen LogP contribution in [0.4, 0.5) is 11.4 Å².